The fourth-order valence-corrected chi connectivity index (χ4v) is 2.86. The summed E-state index contributed by atoms with van der Waals surface area (Å²) in [6.45, 7) is 0. The minimum atomic E-state index is -0.239. The van der Waals surface area contributed by atoms with Gasteiger partial charge in [0.05, 0.1) is 20.4 Å². The van der Waals surface area contributed by atoms with Crippen LogP contribution in [0.15, 0.2) is 48.5 Å². The molecule has 0 spiro atoms. The second kappa shape index (κ2) is 7.33. The van der Waals surface area contributed by atoms with Gasteiger partial charge in [0.2, 0.25) is 0 Å². The Morgan fingerprint density at radius 1 is 1.00 bits per heavy atom. The van der Waals surface area contributed by atoms with Crippen LogP contribution in [0.25, 0.3) is 0 Å². The number of hydrazine groups is 1. The number of rotatable bonds is 5. The van der Waals surface area contributed by atoms with Crippen LogP contribution in [0.2, 0.25) is 0 Å². The second-order valence-corrected chi connectivity index (χ2v) is 5.55. The van der Waals surface area contributed by atoms with Crippen molar-refractivity contribution in [3.63, 3.8) is 0 Å². The van der Waals surface area contributed by atoms with Gasteiger partial charge in [-0.2, -0.15) is 0 Å². The molecule has 0 aromatic heterocycles. The van der Waals surface area contributed by atoms with E-state index in [1.807, 2.05) is 18.2 Å². The summed E-state index contributed by atoms with van der Waals surface area (Å²) >= 11 is 0. The number of nitrogens with one attached hydrogen (secondary N) is 3. The van der Waals surface area contributed by atoms with E-state index in [1.54, 1.807) is 18.2 Å². The molecule has 0 aliphatic carbocycles. The van der Waals surface area contributed by atoms with Gasteiger partial charge in [-0.15, -0.1) is 0 Å². The third-order valence-electron chi connectivity index (χ3n) is 4.07. The highest BCUT2D eigenvalue weighted by molar-refractivity contribution is 5.99. The summed E-state index contributed by atoms with van der Waals surface area (Å²) in [6.07, 6.45) is 0.560. The number of methoxy groups -OCH3 is 2. The molecule has 2 unspecified atom stereocenters. The molecule has 1 aliphatic rings. The second-order valence-electron chi connectivity index (χ2n) is 5.55. The van der Waals surface area contributed by atoms with Crippen LogP contribution in [0.4, 0.5) is 0 Å². The zero-order valence-electron chi connectivity index (χ0n) is 13.7. The van der Waals surface area contributed by atoms with Gasteiger partial charge in [0.1, 0.15) is 17.1 Å². The minimum Gasteiger partial charge on any atom is -0.496 e. The average molecular weight is 327 g/mol. The van der Waals surface area contributed by atoms with Crippen LogP contribution in [-0.2, 0) is 0 Å². The van der Waals surface area contributed by atoms with Crippen molar-refractivity contribution in [3.05, 3.63) is 59.7 Å². The van der Waals surface area contributed by atoms with Crippen molar-refractivity contribution in [2.24, 2.45) is 0 Å². The summed E-state index contributed by atoms with van der Waals surface area (Å²) in [5.74, 6) is 0.729. The number of carbonyl (C=O) groups is 1. The third kappa shape index (κ3) is 3.34. The first-order valence-electron chi connectivity index (χ1n) is 7.80. The smallest absolute Gasteiger partial charge is 0.260 e. The summed E-state index contributed by atoms with van der Waals surface area (Å²) in [6, 6.07) is 15.5. The van der Waals surface area contributed by atoms with Crippen LogP contribution in [0.5, 0.6) is 11.5 Å². The van der Waals surface area contributed by atoms with Crippen molar-refractivity contribution in [1.29, 1.82) is 0 Å². The molecule has 1 fully saturated rings. The van der Waals surface area contributed by atoms with Gasteiger partial charge in [-0.1, -0.05) is 36.4 Å². The van der Waals surface area contributed by atoms with Gasteiger partial charge in [0.25, 0.3) is 5.91 Å². The van der Waals surface area contributed by atoms with Crippen molar-refractivity contribution in [3.8, 4) is 11.5 Å². The highest BCUT2D eigenvalue weighted by Gasteiger charge is 2.28. The van der Waals surface area contributed by atoms with Crippen LogP contribution >= 0.6 is 0 Å². The maximum absolute atomic E-state index is 12.7. The van der Waals surface area contributed by atoms with Crippen LogP contribution in [0.3, 0.4) is 0 Å². The fourth-order valence-electron chi connectivity index (χ4n) is 2.86. The Hall–Kier alpha value is -2.57. The fraction of sp³-hybridized carbons (Fsp3) is 0.278. The summed E-state index contributed by atoms with van der Waals surface area (Å²) in [5.41, 5.74) is 7.90. The lowest BCUT2D eigenvalue weighted by molar-refractivity contribution is 0.0926. The largest absolute Gasteiger partial charge is 0.496 e. The van der Waals surface area contributed by atoms with Gasteiger partial charge in [-0.05, 0) is 17.7 Å². The van der Waals surface area contributed by atoms with E-state index >= 15 is 0 Å². The van der Waals surface area contributed by atoms with E-state index in [4.69, 9.17) is 9.47 Å². The first kappa shape index (κ1) is 16.3. The molecule has 1 amide bonds. The van der Waals surface area contributed by atoms with Crippen molar-refractivity contribution in [1.82, 2.24) is 16.2 Å². The van der Waals surface area contributed by atoms with E-state index in [1.165, 1.54) is 19.8 Å². The lowest BCUT2D eigenvalue weighted by Crippen LogP contribution is -2.44. The highest BCUT2D eigenvalue weighted by atomic mass is 16.5. The predicted octanol–water partition coefficient (Wildman–Crippen LogP) is 2.00. The van der Waals surface area contributed by atoms with Crippen LogP contribution in [0.1, 0.15) is 28.4 Å². The molecule has 24 heavy (non-hydrogen) atoms. The summed E-state index contributed by atoms with van der Waals surface area (Å²) in [5, 5.41) is 2.97. The van der Waals surface area contributed by atoms with Crippen LogP contribution in [-0.4, -0.2) is 26.3 Å². The topological polar surface area (TPSA) is 71.6 Å². The van der Waals surface area contributed by atoms with Crippen molar-refractivity contribution >= 4 is 5.91 Å². The number of ether oxygens (including phenoxy) is 2. The molecule has 1 saturated heterocycles. The SMILES string of the molecule is COc1cccc(OC)c1C(=O)NC1CC(c2ccccc2)NN1. The van der Waals surface area contributed by atoms with Crippen molar-refractivity contribution in [2.75, 3.05) is 14.2 Å². The quantitative estimate of drug-likeness (QED) is 0.783. The van der Waals surface area contributed by atoms with E-state index in [-0.39, 0.29) is 18.1 Å². The van der Waals surface area contributed by atoms with Gasteiger partial charge >= 0.3 is 0 Å². The minimum absolute atomic E-state index is 0.149. The molecule has 126 valence electrons. The van der Waals surface area contributed by atoms with Crippen molar-refractivity contribution in [2.45, 2.75) is 18.6 Å². The zero-order chi connectivity index (χ0) is 16.9. The Labute approximate surface area is 141 Å². The first-order valence-corrected chi connectivity index (χ1v) is 7.80. The van der Waals surface area contributed by atoms with E-state index < -0.39 is 0 Å². The van der Waals surface area contributed by atoms with E-state index in [0.29, 0.717) is 17.1 Å². The first-order chi connectivity index (χ1) is 11.7. The lowest BCUT2D eigenvalue weighted by atomic mass is 10.0. The predicted molar refractivity (Wildman–Crippen MR) is 90.9 cm³/mol. The molecule has 1 aliphatic heterocycles. The third-order valence-corrected chi connectivity index (χ3v) is 4.07. The molecule has 0 saturated carbocycles. The van der Waals surface area contributed by atoms with E-state index in [2.05, 4.69) is 28.3 Å². The van der Waals surface area contributed by atoms with Gasteiger partial charge in [-0.25, -0.2) is 10.9 Å². The maximum atomic E-state index is 12.7. The standard InChI is InChI=1S/C18H21N3O3/c1-23-14-9-6-10-15(24-2)17(14)18(22)19-16-11-13(20-21-16)12-7-4-3-5-8-12/h3-10,13,16,20-21H,11H2,1-2H3,(H,19,22). The van der Waals surface area contributed by atoms with Gasteiger partial charge in [0.15, 0.2) is 0 Å². The average Bonchev–Trinajstić information content (AvgIpc) is 3.10. The Bertz CT molecular complexity index is 684. The summed E-state index contributed by atoms with van der Waals surface area (Å²) in [7, 11) is 3.07. The molecular formula is C18H21N3O3. The molecule has 3 N–H and O–H groups in total. The number of hydrogen-bond donors (Lipinski definition) is 3. The van der Waals surface area contributed by atoms with Gasteiger partial charge < -0.3 is 14.8 Å². The Balaban J connectivity index is 1.70. The summed E-state index contributed by atoms with van der Waals surface area (Å²) < 4.78 is 10.6. The highest BCUT2D eigenvalue weighted by Crippen LogP contribution is 2.28. The summed E-state index contributed by atoms with van der Waals surface area (Å²) in [4.78, 5) is 12.7. The monoisotopic (exact) mass is 327 g/mol. The number of benzene rings is 2. The molecule has 2 aromatic rings. The van der Waals surface area contributed by atoms with Crippen LogP contribution in [0, 0.1) is 0 Å². The molecular weight excluding hydrogens is 306 g/mol. The molecule has 0 bridgehead atoms. The molecule has 6 heteroatoms. The number of carbonyl (C=O) groups excluding carboxylic acids is 1. The van der Waals surface area contributed by atoms with E-state index in [9.17, 15) is 4.79 Å². The maximum Gasteiger partial charge on any atom is 0.260 e. The Kier molecular flexibility index (Phi) is 4.98. The van der Waals surface area contributed by atoms with Gasteiger partial charge in [-0.3, -0.25) is 4.79 Å². The van der Waals surface area contributed by atoms with Gasteiger partial charge in [0, 0.05) is 12.5 Å². The Morgan fingerprint density at radius 2 is 1.67 bits per heavy atom. The molecule has 3 rings (SSSR count). The zero-order valence-corrected chi connectivity index (χ0v) is 13.7. The number of amides is 1. The normalized spacial score (nSPS) is 19.8. The lowest BCUT2D eigenvalue weighted by Gasteiger charge is -2.16. The Morgan fingerprint density at radius 3 is 2.29 bits per heavy atom. The van der Waals surface area contributed by atoms with Crippen LogP contribution < -0.4 is 25.6 Å². The molecule has 2 atom stereocenters. The number of hydrogen-bond acceptors (Lipinski definition) is 5. The molecule has 2 aromatic carbocycles. The van der Waals surface area contributed by atoms with Crippen molar-refractivity contribution < 1.29 is 14.3 Å². The molecule has 6 nitrogen and oxygen atoms in total. The molecule has 0 radical (unpaired) electrons. The molecule has 1 heterocycles. The van der Waals surface area contributed by atoms with E-state index in [0.717, 1.165) is 6.42 Å².